The Kier molecular flexibility index (Phi) is 5.40. The van der Waals surface area contributed by atoms with Crippen molar-refractivity contribution < 1.29 is 4.79 Å². The molecule has 0 radical (unpaired) electrons. The van der Waals surface area contributed by atoms with Crippen molar-refractivity contribution in [2.75, 3.05) is 0 Å². The van der Waals surface area contributed by atoms with Gasteiger partial charge in [-0.15, -0.1) is 0 Å². The van der Waals surface area contributed by atoms with Crippen molar-refractivity contribution in [3.63, 3.8) is 0 Å². The fourth-order valence-electron chi connectivity index (χ4n) is 3.44. The highest BCUT2D eigenvalue weighted by Gasteiger charge is 2.15. The van der Waals surface area contributed by atoms with E-state index in [1.165, 1.54) is 0 Å². The molecule has 3 aromatic carbocycles. The molecular formula is C25H20N4O. The second-order valence-electron chi connectivity index (χ2n) is 6.92. The van der Waals surface area contributed by atoms with E-state index in [2.05, 4.69) is 16.5 Å². The van der Waals surface area contributed by atoms with Gasteiger partial charge >= 0.3 is 0 Å². The van der Waals surface area contributed by atoms with Crippen molar-refractivity contribution >= 4 is 5.91 Å². The van der Waals surface area contributed by atoms with Crippen LogP contribution in [0.5, 0.6) is 0 Å². The molecule has 1 amide bonds. The van der Waals surface area contributed by atoms with E-state index in [0.717, 1.165) is 28.1 Å². The van der Waals surface area contributed by atoms with Gasteiger partial charge in [-0.1, -0.05) is 54.6 Å². The van der Waals surface area contributed by atoms with E-state index in [1.807, 2.05) is 84.5 Å². The van der Waals surface area contributed by atoms with Crippen LogP contribution in [-0.4, -0.2) is 15.7 Å². The molecule has 146 valence electrons. The molecule has 0 spiro atoms. The molecule has 5 nitrogen and oxygen atoms in total. The lowest BCUT2D eigenvalue weighted by atomic mass is 9.95. The highest BCUT2D eigenvalue weighted by molar-refractivity contribution is 6.01. The number of nitriles is 1. The van der Waals surface area contributed by atoms with Crippen molar-refractivity contribution in [1.82, 2.24) is 15.1 Å². The normalized spacial score (nSPS) is 10.4. The van der Waals surface area contributed by atoms with E-state index in [4.69, 9.17) is 0 Å². The van der Waals surface area contributed by atoms with Gasteiger partial charge < -0.3 is 5.32 Å². The maximum absolute atomic E-state index is 13.0. The molecule has 30 heavy (non-hydrogen) atoms. The van der Waals surface area contributed by atoms with Crippen LogP contribution in [0.15, 0.2) is 85.1 Å². The first-order valence-corrected chi connectivity index (χ1v) is 9.64. The third kappa shape index (κ3) is 3.85. The van der Waals surface area contributed by atoms with Crippen LogP contribution in [0.4, 0.5) is 0 Å². The molecule has 1 N–H and O–H groups in total. The summed E-state index contributed by atoms with van der Waals surface area (Å²) in [6, 6.07) is 26.6. The maximum Gasteiger partial charge on any atom is 0.252 e. The summed E-state index contributed by atoms with van der Waals surface area (Å²) in [5.41, 5.74) is 5.38. The number of para-hydroxylation sites is 1. The minimum atomic E-state index is -0.190. The van der Waals surface area contributed by atoms with Crippen LogP contribution in [0.1, 0.15) is 27.2 Å². The van der Waals surface area contributed by atoms with Gasteiger partial charge in [-0.3, -0.25) is 4.79 Å². The van der Waals surface area contributed by atoms with E-state index < -0.39 is 0 Å². The minimum absolute atomic E-state index is 0.190. The summed E-state index contributed by atoms with van der Waals surface area (Å²) in [5.74, 6) is -0.190. The van der Waals surface area contributed by atoms with Crippen LogP contribution in [0.25, 0.3) is 16.8 Å². The van der Waals surface area contributed by atoms with Gasteiger partial charge in [-0.2, -0.15) is 10.4 Å². The standard InChI is InChI=1S/C25H20N4O/c1-18-14-15-29(28-18)24-13-7-3-9-20(24)17-27-25(30)23-12-6-5-11-22(23)21-10-4-2-8-19(21)16-26/h2-15H,17H2,1H3,(H,27,30). The minimum Gasteiger partial charge on any atom is -0.348 e. The third-order valence-electron chi connectivity index (χ3n) is 4.91. The highest BCUT2D eigenvalue weighted by Crippen LogP contribution is 2.27. The first-order chi connectivity index (χ1) is 14.7. The fourth-order valence-corrected chi connectivity index (χ4v) is 3.44. The molecule has 4 rings (SSSR count). The smallest absolute Gasteiger partial charge is 0.252 e. The van der Waals surface area contributed by atoms with Crippen molar-refractivity contribution in [2.45, 2.75) is 13.5 Å². The Balaban J connectivity index is 1.61. The Morgan fingerprint density at radius 3 is 2.43 bits per heavy atom. The summed E-state index contributed by atoms with van der Waals surface area (Å²) in [6.45, 7) is 2.30. The number of carbonyl (C=O) groups is 1. The molecule has 1 aromatic heterocycles. The highest BCUT2D eigenvalue weighted by atomic mass is 16.1. The molecule has 0 aliphatic rings. The number of aryl methyl sites for hydroxylation is 1. The van der Waals surface area contributed by atoms with Crippen LogP contribution < -0.4 is 5.32 Å². The lowest BCUT2D eigenvalue weighted by Crippen LogP contribution is -2.24. The molecule has 1 heterocycles. The quantitative estimate of drug-likeness (QED) is 0.537. The molecule has 0 unspecified atom stereocenters. The summed E-state index contributed by atoms with van der Waals surface area (Å²) in [5, 5.41) is 16.9. The molecule has 0 saturated carbocycles. The maximum atomic E-state index is 13.0. The molecule has 0 aliphatic heterocycles. The van der Waals surface area contributed by atoms with E-state index >= 15 is 0 Å². The van der Waals surface area contributed by atoms with Crippen LogP contribution in [0.2, 0.25) is 0 Å². The average molecular weight is 392 g/mol. The van der Waals surface area contributed by atoms with Gasteiger partial charge in [0.2, 0.25) is 0 Å². The monoisotopic (exact) mass is 392 g/mol. The zero-order chi connectivity index (χ0) is 20.9. The Morgan fingerprint density at radius 2 is 1.67 bits per heavy atom. The van der Waals surface area contributed by atoms with Gasteiger partial charge in [0.1, 0.15) is 0 Å². The van der Waals surface area contributed by atoms with Crippen molar-refractivity contribution in [2.24, 2.45) is 0 Å². The van der Waals surface area contributed by atoms with Crippen molar-refractivity contribution in [3.8, 4) is 22.9 Å². The lowest BCUT2D eigenvalue weighted by molar-refractivity contribution is 0.0951. The summed E-state index contributed by atoms with van der Waals surface area (Å²) in [4.78, 5) is 13.0. The largest absolute Gasteiger partial charge is 0.348 e. The predicted octanol–water partition coefficient (Wildman–Crippen LogP) is 4.65. The summed E-state index contributed by atoms with van der Waals surface area (Å²) in [6.07, 6.45) is 1.91. The van der Waals surface area contributed by atoms with E-state index in [1.54, 1.807) is 12.1 Å². The zero-order valence-corrected chi connectivity index (χ0v) is 16.5. The number of nitrogens with zero attached hydrogens (tertiary/aromatic N) is 3. The van der Waals surface area contributed by atoms with Crippen molar-refractivity contribution in [3.05, 3.63) is 107 Å². The molecule has 5 heteroatoms. The second-order valence-corrected chi connectivity index (χ2v) is 6.92. The average Bonchev–Trinajstić information content (AvgIpc) is 3.23. The molecule has 0 saturated heterocycles. The number of rotatable bonds is 5. The SMILES string of the molecule is Cc1ccn(-c2ccccc2CNC(=O)c2ccccc2-c2ccccc2C#N)n1. The molecule has 0 aliphatic carbocycles. The number of hydrogen-bond acceptors (Lipinski definition) is 3. The van der Waals surface area contributed by atoms with Crippen molar-refractivity contribution in [1.29, 1.82) is 5.26 Å². The topological polar surface area (TPSA) is 70.7 Å². The number of nitrogens with one attached hydrogen (secondary N) is 1. The first-order valence-electron chi connectivity index (χ1n) is 9.64. The lowest BCUT2D eigenvalue weighted by Gasteiger charge is -2.13. The number of amides is 1. The van der Waals surface area contributed by atoms with Gasteiger partial charge in [0.15, 0.2) is 0 Å². The van der Waals surface area contributed by atoms with Gasteiger partial charge in [0, 0.05) is 23.9 Å². The van der Waals surface area contributed by atoms with Crippen LogP contribution in [0.3, 0.4) is 0 Å². The van der Waals surface area contributed by atoms with Crippen LogP contribution >= 0.6 is 0 Å². The van der Waals surface area contributed by atoms with Gasteiger partial charge in [0.25, 0.3) is 5.91 Å². The van der Waals surface area contributed by atoms with E-state index in [-0.39, 0.29) is 5.91 Å². The number of hydrogen-bond donors (Lipinski definition) is 1. The predicted molar refractivity (Wildman–Crippen MR) is 116 cm³/mol. The number of benzene rings is 3. The number of carbonyl (C=O) groups excluding carboxylic acids is 1. The molecule has 0 fully saturated rings. The van der Waals surface area contributed by atoms with E-state index in [9.17, 15) is 10.1 Å². The molecule has 4 aromatic rings. The summed E-state index contributed by atoms with van der Waals surface area (Å²) < 4.78 is 1.81. The Bertz CT molecular complexity index is 1250. The number of aromatic nitrogens is 2. The van der Waals surface area contributed by atoms with Gasteiger partial charge in [-0.25, -0.2) is 4.68 Å². The Morgan fingerprint density at radius 1 is 0.967 bits per heavy atom. The van der Waals surface area contributed by atoms with Crippen LogP contribution in [-0.2, 0) is 6.54 Å². The molecular weight excluding hydrogens is 372 g/mol. The third-order valence-corrected chi connectivity index (χ3v) is 4.91. The fraction of sp³-hybridized carbons (Fsp3) is 0.0800. The van der Waals surface area contributed by atoms with Gasteiger partial charge in [0.05, 0.1) is 23.0 Å². The summed E-state index contributed by atoms with van der Waals surface area (Å²) >= 11 is 0. The van der Waals surface area contributed by atoms with Gasteiger partial charge in [-0.05, 0) is 42.3 Å². The van der Waals surface area contributed by atoms with Crippen LogP contribution in [0, 0.1) is 18.3 Å². The Hall–Kier alpha value is -4.17. The zero-order valence-electron chi connectivity index (χ0n) is 16.5. The Labute approximate surface area is 175 Å². The molecule has 0 bridgehead atoms. The summed E-state index contributed by atoms with van der Waals surface area (Å²) in [7, 11) is 0. The molecule has 0 atom stereocenters. The first kappa shape index (κ1) is 19.2. The van der Waals surface area contributed by atoms with E-state index in [0.29, 0.717) is 17.7 Å². The second kappa shape index (κ2) is 8.46.